The highest BCUT2D eigenvalue weighted by atomic mass is 16.5. The van der Waals surface area contributed by atoms with Crippen molar-refractivity contribution in [3.63, 3.8) is 0 Å². The van der Waals surface area contributed by atoms with Gasteiger partial charge in [-0.3, -0.25) is 0 Å². The quantitative estimate of drug-likeness (QED) is 0.714. The first-order valence-corrected chi connectivity index (χ1v) is 6.40. The van der Waals surface area contributed by atoms with Crippen LogP contribution in [-0.2, 0) is 23.8 Å². The fraction of sp³-hybridized carbons (Fsp3) is 0.571. The minimum Gasteiger partial charge on any atom is -0.489 e. The number of rotatable bonds is 2. The van der Waals surface area contributed by atoms with Crippen LogP contribution >= 0.6 is 0 Å². The van der Waals surface area contributed by atoms with Gasteiger partial charge >= 0.3 is 11.9 Å². The van der Waals surface area contributed by atoms with Crippen LogP contribution in [0.3, 0.4) is 0 Å². The second-order valence-electron chi connectivity index (χ2n) is 4.79. The second-order valence-corrected chi connectivity index (χ2v) is 4.79. The number of carbonyl (C=O) groups is 2. The maximum Gasteiger partial charge on any atom is 0.341 e. The molecule has 0 amide bonds. The summed E-state index contributed by atoms with van der Waals surface area (Å²) in [5, 5.41) is 0. The van der Waals surface area contributed by atoms with Crippen molar-refractivity contribution in [2.75, 3.05) is 14.2 Å². The summed E-state index contributed by atoms with van der Waals surface area (Å²) >= 11 is 0. The van der Waals surface area contributed by atoms with Crippen LogP contribution in [0.25, 0.3) is 0 Å². The van der Waals surface area contributed by atoms with Gasteiger partial charge in [0.25, 0.3) is 0 Å². The van der Waals surface area contributed by atoms with E-state index in [1.807, 2.05) is 0 Å². The Morgan fingerprint density at radius 1 is 1.11 bits per heavy atom. The Morgan fingerprint density at radius 3 is 2.32 bits per heavy atom. The van der Waals surface area contributed by atoms with Crippen LogP contribution < -0.4 is 0 Å². The van der Waals surface area contributed by atoms with Crippen LogP contribution in [0.1, 0.15) is 32.1 Å². The molecule has 2 rings (SSSR count). The first kappa shape index (κ1) is 13.6. The summed E-state index contributed by atoms with van der Waals surface area (Å²) in [4.78, 5) is 23.5. The molecule has 0 bridgehead atoms. The number of ether oxygens (including phenoxy) is 3. The van der Waals surface area contributed by atoms with Crippen molar-refractivity contribution in [3.05, 3.63) is 23.5 Å². The molecule has 1 heterocycles. The lowest BCUT2D eigenvalue weighted by Crippen LogP contribution is -2.41. The molecule has 1 aliphatic carbocycles. The van der Waals surface area contributed by atoms with E-state index >= 15 is 0 Å². The van der Waals surface area contributed by atoms with Crippen molar-refractivity contribution in [1.82, 2.24) is 0 Å². The third kappa shape index (κ3) is 2.50. The highest BCUT2D eigenvalue weighted by molar-refractivity contribution is 5.98. The Labute approximate surface area is 112 Å². The summed E-state index contributed by atoms with van der Waals surface area (Å²) in [7, 11) is 2.62. The first-order chi connectivity index (χ1) is 9.13. The van der Waals surface area contributed by atoms with Crippen molar-refractivity contribution in [3.8, 4) is 0 Å². The van der Waals surface area contributed by atoms with Crippen molar-refractivity contribution in [2.24, 2.45) is 0 Å². The first-order valence-electron chi connectivity index (χ1n) is 6.40. The van der Waals surface area contributed by atoms with Crippen LogP contribution in [0.5, 0.6) is 0 Å². The predicted molar refractivity (Wildman–Crippen MR) is 67.1 cm³/mol. The largest absolute Gasteiger partial charge is 0.489 e. The fourth-order valence-electron chi connectivity index (χ4n) is 2.65. The molecule has 1 fully saturated rings. The number of hydrogen-bond donors (Lipinski definition) is 0. The van der Waals surface area contributed by atoms with Gasteiger partial charge in [-0.25, -0.2) is 9.59 Å². The van der Waals surface area contributed by atoms with Gasteiger partial charge in [-0.1, -0.05) is 6.42 Å². The molecular formula is C14H18O5. The second kappa shape index (κ2) is 5.47. The normalized spacial score (nSPS) is 20.9. The molecule has 5 heteroatoms. The van der Waals surface area contributed by atoms with E-state index in [-0.39, 0.29) is 5.57 Å². The lowest BCUT2D eigenvalue weighted by Gasteiger charge is -2.39. The Kier molecular flexibility index (Phi) is 3.93. The van der Waals surface area contributed by atoms with E-state index in [1.54, 1.807) is 0 Å². The molecular weight excluding hydrogens is 248 g/mol. The number of carbonyl (C=O) groups excluding carboxylic acids is 2. The summed E-state index contributed by atoms with van der Waals surface area (Å²) in [5.41, 5.74) is 0.0137. The van der Waals surface area contributed by atoms with Crippen molar-refractivity contribution in [2.45, 2.75) is 37.7 Å². The zero-order valence-electron chi connectivity index (χ0n) is 11.2. The Hall–Kier alpha value is -1.78. The third-order valence-electron chi connectivity index (χ3n) is 3.69. The van der Waals surface area contributed by atoms with Gasteiger partial charge in [0.15, 0.2) is 0 Å². The molecule has 0 N–H and O–H groups in total. The molecule has 1 aliphatic heterocycles. The lowest BCUT2D eigenvalue weighted by molar-refractivity contribution is -0.140. The average Bonchev–Trinajstić information content (AvgIpc) is 2.47. The minimum atomic E-state index is -0.636. The van der Waals surface area contributed by atoms with Crippen molar-refractivity contribution < 1.29 is 23.8 Å². The molecule has 1 saturated carbocycles. The van der Waals surface area contributed by atoms with Gasteiger partial charge in [0.1, 0.15) is 5.60 Å². The molecule has 0 aromatic rings. The van der Waals surface area contributed by atoms with Gasteiger partial charge in [0, 0.05) is 0 Å². The number of methoxy groups -OCH3 is 2. The van der Waals surface area contributed by atoms with E-state index in [4.69, 9.17) is 9.47 Å². The molecule has 0 radical (unpaired) electrons. The Morgan fingerprint density at radius 2 is 1.74 bits per heavy atom. The lowest BCUT2D eigenvalue weighted by atomic mass is 9.77. The maximum absolute atomic E-state index is 11.9. The van der Waals surface area contributed by atoms with Gasteiger partial charge in [-0.15, -0.1) is 0 Å². The number of hydrogen-bond acceptors (Lipinski definition) is 5. The summed E-state index contributed by atoms with van der Waals surface area (Å²) in [6.45, 7) is 0. The average molecular weight is 266 g/mol. The number of esters is 2. The third-order valence-corrected chi connectivity index (χ3v) is 3.69. The molecule has 19 heavy (non-hydrogen) atoms. The van der Waals surface area contributed by atoms with Gasteiger partial charge < -0.3 is 14.2 Å². The zero-order valence-corrected chi connectivity index (χ0v) is 11.2. The molecule has 2 aliphatic rings. The molecule has 0 unspecified atom stereocenters. The molecule has 5 nitrogen and oxygen atoms in total. The standard InChI is InChI=1S/C14H18O5/c1-17-12(15)10-8-11(13(16)18-2)14(19-9-10)6-4-3-5-7-14/h8-9H,3-7H2,1-2H3. The van der Waals surface area contributed by atoms with E-state index in [0.29, 0.717) is 5.57 Å². The van der Waals surface area contributed by atoms with Gasteiger partial charge in [-0.05, 0) is 31.8 Å². The maximum atomic E-state index is 11.9. The molecule has 0 atom stereocenters. The van der Waals surface area contributed by atoms with Crippen LogP contribution in [0.4, 0.5) is 0 Å². The van der Waals surface area contributed by atoms with E-state index in [0.717, 1.165) is 32.1 Å². The van der Waals surface area contributed by atoms with Gasteiger partial charge in [0.05, 0.1) is 31.6 Å². The summed E-state index contributed by atoms with van der Waals surface area (Å²) < 4.78 is 15.2. The predicted octanol–water partition coefficient (Wildman–Crippen LogP) is 1.88. The van der Waals surface area contributed by atoms with E-state index in [2.05, 4.69) is 4.74 Å². The topological polar surface area (TPSA) is 61.8 Å². The van der Waals surface area contributed by atoms with Crippen LogP contribution in [0.2, 0.25) is 0 Å². The molecule has 0 aromatic heterocycles. The summed E-state index contributed by atoms with van der Waals surface area (Å²) in [6, 6.07) is 0. The monoisotopic (exact) mass is 266 g/mol. The molecule has 0 saturated heterocycles. The van der Waals surface area contributed by atoms with Crippen molar-refractivity contribution >= 4 is 11.9 Å². The highest BCUT2D eigenvalue weighted by Gasteiger charge is 2.43. The fourth-order valence-corrected chi connectivity index (χ4v) is 2.65. The van der Waals surface area contributed by atoms with E-state index in [1.165, 1.54) is 26.6 Å². The van der Waals surface area contributed by atoms with Gasteiger partial charge in [-0.2, -0.15) is 0 Å². The summed E-state index contributed by atoms with van der Waals surface area (Å²) in [6.07, 6.45) is 7.58. The van der Waals surface area contributed by atoms with Crippen molar-refractivity contribution in [1.29, 1.82) is 0 Å². The molecule has 1 spiro atoms. The van der Waals surface area contributed by atoms with Crippen LogP contribution in [-0.4, -0.2) is 31.8 Å². The Bertz CT molecular complexity index is 441. The molecule has 0 aromatic carbocycles. The van der Waals surface area contributed by atoms with Crippen LogP contribution in [0, 0.1) is 0 Å². The van der Waals surface area contributed by atoms with E-state index < -0.39 is 17.5 Å². The minimum absolute atomic E-state index is 0.235. The highest BCUT2D eigenvalue weighted by Crippen LogP contribution is 2.41. The zero-order chi connectivity index (χ0) is 13.9. The van der Waals surface area contributed by atoms with Gasteiger partial charge in [0.2, 0.25) is 0 Å². The van der Waals surface area contributed by atoms with E-state index in [9.17, 15) is 9.59 Å². The molecule has 104 valence electrons. The van der Waals surface area contributed by atoms with Crippen LogP contribution in [0.15, 0.2) is 23.5 Å². The SMILES string of the molecule is COC(=O)C1=COC2(CCCCC2)C(C(=O)OC)=C1. The Balaban J connectivity index is 2.34. The summed E-state index contributed by atoms with van der Waals surface area (Å²) in [5.74, 6) is -0.969. The smallest absolute Gasteiger partial charge is 0.341 e.